The van der Waals surface area contributed by atoms with Gasteiger partial charge in [0.25, 0.3) is 0 Å². The van der Waals surface area contributed by atoms with Crippen LogP contribution in [0.15, 0.2) is 53.8 Å². The lowest BCUT2D eigenvalue weighted by molar-refractivity contribution is 0.0804. The van der Waals surface area contributed by atoms with Crippen molar-refractivity contribution in [2.24, 2.45) is 10.9 Å². The zero-order valence-electron chi connectivity index (χ0n) is 17.1. The summed E-state index contributed by atoms with van der Waals surface area (Å²) in [5.74, 6) is -1.30. The Hall–Kier alpha value is -2.38. The van der Waals surface area contributed by atoms with Crippen LogP contribution in [-0.4, -0.2) is 34.5 Å². The number of nitrogens with zero attached hydrogens (tertiary/aromatic N) is 1. The van der Waals surface area contributed by atoms with Crippen LogP contribution in [0.2, 0.25) is 0 Å². The van der Waals surface area contributed by atoms with Gasteiger partial charge in [-0.3, -0.25) is 0 Å². The minimum Gasteiger partial charge on any atom is -0.402 e. The Labute approximate surface area is 179 Å². The molecule has 0 saturated heterocycles. The summed E-state index contributed by atoms with van der Waals surface area (Å²) < 4.78 is 29.1. The Morgan fingerprint density at radius 3 is 2.40 bits per heavy atom. The van der Waals surface area contributed by atoms with Gasteiger partial charge < -0.3 is 15.7 Å². The van der Waals surface area contributed by atoms with E-state index in [2.05, 4.69) is 11.7 Å². The summed E-state index contributed by atoms with van der Waals surface area (Å²) in [5, 5.41) is 13.7. The van der Waals surface area contributed by atoms with Crippen LogP contribution in [0.3, 0.4) is 0 Å². The quantitative estimate of drug-likeness (QED) is 0.638. The van der Waals surface area contributed by atoms with Gasteiger partial charge in [0.2, 0.25) is 0 Å². The van der Waals surface area contributed by atoms with E-state index in [1.165, 1.54) is 12.1 Å². The molecule has 0 aromatic heterocycles. The number of aliphatic hydroxyl groups is 1. The van der Waals surface area contributed by atoms with E-state index in [4.69, 9.17) is 10.6 Å². The fraction of sp³-hybridized carbons (Fsp3) is 0.348. The van der Waals surface area contributed by atoms with Crippen molar-refractivity contribution >= 4 is 17.5 Å². The van der Waals surface area contributed by atoms with Crippen LogP contribution in [-0.2, 0) is 11.3 Å². The molecule has 0 amide bonds. The van der Waals surface area contributed by atoms with Crippen molar-refractivity contribution in [3.63, 3.8) is 0 Å². The first kappa shape index (κ1) is 22.3. The lowest BCUT2D eigenvalue weighted by Crippen LogP contribution is -2.21. The largest absolute Gasteiger partial charge is 0.402 e. The molecule has 1 aliphatic heterocycles. The number of thioether (sulfide) groups is 1. The Bertz CT molecular complexity index is 922. The molecular formula is C23H26F2N2O2S. The van der Waals surface area contributed by atoms with Crippen molar-refractivity contribution in [1.82, 2.24) is 0 Å². The Balaban J connectivity index is 1.73. The molecule has 0 fully saturated rings. The molecule has 2 aromatic carbocycles. The summed E-state index contributed by atoms with van der Waals surface area (Å²) in [7, 11) is 0. The van der Waals surface area contributed by atoms with Gasteiger partial charge in [0.05, 0.1) is 17.4 Å². The molecule has 3 atom stereocenters. The molecule has 0 radical (unpaired) electrons. The predicted molar refractivity (Wildman–Crippen MR) is 118 cm³/mol. The summed E-state index contributed by atoms with van der Waals surface area (Å²) in [4.78, 5) is 5.54. The maximum atomic E-state index is 14.5. The molecule has 30 heavy (non-hydrogen) atoms. The van der Waals surface area contributed by atoms with Crippen LogP contribution in [0, 0.1) is 11.6 Å². The second kappa shape index (κ2) is 9.62. The first-order valence-electron chi connectivity index (χ1n) is 9.75. The lowest BCUT2D eigenvalue weighted by atomic mass is 9.97. The number of oxime groups is 1. The van der Waals surface area contributed by atoms with E-state index < -0.39 is 17.7 Å². The zero-order chi connectivity index (χ0) is 21.8. The standard InChI is InChI=1S/C23H26F2N2O2S/c1-13(28)8-15-9-19(24)23(20(25)10-15)17-6-4-16(5-7-17)21-11-18(29-27-21)12-22(30-3)14(2)26/h4-7,9-10,13,18,22,28H,2,8,11-12,26H2,1,3H3. The van der Waals surface area contributed by atoms with Crippen molar-refractivity contribution in [3.05, 3.63) is 71.4 Å². The monoisotopic (exact) mass is 432 g/mol. The first-order valence-corrected chi connectivity index (χ1v) is 11.0. The lowest BCUT2D eigenvalue weighted by Gasteiger charge is -2.17. The number of aliphatic hydroxyl groups excluding tert-OH is 1. The van der Waals surface area contributed by atoms with Gasteiger partial charge in [0, 0.05) is 23.8 Å². The van der Waals surface area contributed by atoms with Gasteiger partial charge >= 0.3 is 0 Å². The third-order valence-electron chi connectivity index (χ3n) is 5.05. The fourth-order valence-corrected chi connectivity index (χ4v) is 4.26. The third-order valence-corrected chi connectivity index (χ3v) is 6.11. The van der Waals surface area contributed by atoms with Crippen LogP contribution < -0.4 is 5.73 Å². The van der Waals surface area contributed by atoms with E-state index in [0.717, 1.165) is 17.7 Å². The highest BCUT2D eigenvalue weighted by Gasteiger charge is 2.26. The van der Waals surface area contributed by atoms with E-state index in [1.54, 1.807) is 43.0 Å². The van der Waals surface area contributed by atoms with E-state index >= 15 is 0 Å². The number of rotatable bonds is 8. The van der Waals surface area contributed by atoms with Crippen LogP contribution in [0.1, 0.15) is 30.9 Å². The number of benzene rings is 2. The van der Waals surface area contributed by atoms with Crippen LogP contribution >= 0.6 is 11.8 Å². The molecule has 3 rings (SSSR count). The van der Waals surface area contributed by atoms with Gasteiger partial charge in [-0.2, -0.15) is 11.8 Å². The Morgan fingerprint density at radius 2 is 1.87 bits per heavy atom. The van der Waals surface area contributed by atoms with Crippen molar-refractivity contribution in [2.75, 3.05) is 6.26 Å². The molecule has 160 valence electrons. The Kier molecular flexibility index (Phi) is 7.15. The number of halogens is 2. The molecule has 1 aliphatic rings. The summed E-state index contributed by atoms with van der Waals surface area (Å²) in [6.07, 6.45) is 2.79. The first-order chi connectivity index (χ1) is 14.3. The average molecular weight is 433 g/mol. The van der Waals surface area contributed by atoms with Gasteiger partial charge in [-0.1, -0.05) is 36.0 Å². The molecule has 0 saturated carbocycles. The minimum atomic E-state index is -0.665. The molecule has 3 unspecified atom stereocenters. The van der Waals surface area contributed by atoms with Gasteiger partial charge in [0.1, 0.15) is 17.7 Å². The number of hydrogen-bond donors (Lipinski definition) is 2. The summed E-state index contributed by atoms with van der Waals surface area (Å²) in [6.45, 7) is 5.39. The van der Waals surface area contributed by atoms with E-state index in [1.807, 2.05) is 6.26 Å². The highest BCUT2D eigenvalue weighted by atomic mass is 32.2. The molecule has 0 aliphatic carbocycles. The SMILES string of the molecule is C=C(N)C(CC1CC(c2ccc(-c3c(F)cc(CC(C)O)cc3F)cc2)=NO1)SC. The van der Waals surface area contributed by atoms with Crippen LogP contribution in [0.5, 0.6) is 0 Å². The van der Waals surface area contributed by atoms with Crippen molar-refractivity contribution in [2.45, 2.75) is 43.6 Å². The normalized spacial score (nSPS) is 17.9. The van der Waals surface area contributed by atoms with Crippen molar-refractivity contribution in [1.29, 1.82) is 0 Å². The van der Waals surface area contributed by atoms with Gasteiger partial charge in [0.15, 0.2) is 0 Å². The minimum absolute atomic E-state index is 0.0752. The van der Waals surface area contributed by atoms with Crippen LogP contribution in [0.4, 0.5) is 8.78 Å². The van der Waals surface area contributed by atoms with E-state index in [9.17, 15) is 13.9 Å². The summed E-state index contributed by atoms with van der Waals surface area (Å²) in [6, 6.07) is 9.46. The molecule has 0 spiro atoms. The highest BCUT2D eigenvalue weighted by molar-refractivity contribution is 7.99. The molecule has 1 heterocycles. The van der Waals surface area contributed by atoms with E-state index in [-0.39, 0.29) is 23.3 Å². The molecular weight excluding hydrogens is 406 g/mol. The summed E-state index contributed by atoms with van der Waals surface area (Å²) in [5.41, 5.74) is 8.86. The second-order valence-corrected chi connectivity index (χ2v) is 8.61. The fourth-order valence-electron chi connectivity index (χ4n) is 3.55. The maximum absolute atomic E-state index is 14.5. The smallest absolute Gasteiger partial charge is 0.134 e. The van der Waals surface area contributed by atoms with Gasteiger partial charge in [-0.25, -0.2) is 8.78 Å². The van der Waals surface area contributed by atoms with Crippen molar-refractivity contribution in [3.8, 4) is 11.1 Å². The number of hydrogen-bond acceptors (Lipinski definition) is 5. The van der Waals surface area contributed by atoms with Gasteiger partial charge in [-0.15, -0.1) is 0 Å². The zero-order valence-corrected chi connectivity index (χ0v) is 17.9. The Morgan fingerprint density at radius 1 is 1.27 bits per heavy atom. The highest BCUT2D eigenvalue weighted by Crippen LogP contribution is 2.30. The molecule has 7 heteroatoms. The van der Waals surface area contributed by atoms with Crippen molar-refractivity contribution < 1.29 is 18.7 Å². The summed E-state index contributed by atoms with van der Waals surface area (Å²) >= 11 is 1.63. The molecule has 2 aromatic rings. The topological polar surface area (TPSA) is 67.8 Å². The second-order valence-electron chi connectivity index (χ2n) is 7.57. The van der Waals surface area contributed by atoms with E-state index in [0.29, 0.717) is 23.2 Å². The van der Waals surface area contributed by atoms with Gasteiger partial charge in [-0.05, 0) is 48.4 Å². The maximum Gasteiger partial charge on any atom is 0.134 e. The predicted octanol–water partition coefficient (Wildman–Crippen LogP) is 4.64. The average Bonchev–Trinajstić information content (AvgIpc) is 3.14. The molecule has 4 nitrogen and oxygen atoms in total. The number of nitrogens with two attached hydrogens (primary N) is 1. The molecule has 0 bridgehead atoms. The third kappa shape index (κ3) is 5.21. The molecule has 3 N–H and O–H groups in total. The van der Waals surface area contributed by atoms with Crippen LogP contribution in [0.25, 0.3) is 11.1 Å².